The normalized spacial score (nSPS) is 20.1. The number of esters is 1. The van der Waals surface area contributed by atoms with Gasteiger partial charge in [-0.25, -0.2) is 8.42 Å². The van der Waals surface area contributed by atoms with Crippen molar-refractivity contribution in [3.05, 3.63) is 0 Å². The van der Waals surface area contributed by atoms with E-state index in [1.54, 1.807) is 4.90 Å². The van der Waals surface area contributed by atoms with Crippen molar-refractivity contribution in [2.75, 3.05) is 37.7 Å². The van der Waals surface area contributed by atoms with Gasteiger partial charge in [-0.15, -0.1) is 0 Å². The van der Waals surface area contributed by atoms with Crippen LogP contribution in [-0.2, 0) is 24.2 Å². The number of sulfone groups is 1. The maximum absolute atomic E-state index is 11.7. The van der Waals surface area contributed by atoms with E-state index in [2.05, 4.69) is 5.32 Å². The van der Waals surface area contributed by atoms with E-state index in [4.69, 9.17) is 4.74 Å². The minimum atomic E-state index is -2.96. The van der Waals surface area contributed by atoms with Crippen molar-refractivity contribution in [2.45, 2.75) is 26.4 Å². The van der Waals surface area contributed by atoms with Crippen molar-refractivity contribution in [1.29, 1.82) is 0 Å². The Balaban J connectivity index is 2.31. The molecule has 20 heavy (non-hydrogen) atoms. The fraction of sp³-hybridized carbons (Fsp3) is 0.833. The fourth-order valence-electron chi connectivity index (χ4n) is 1.77. The molecular weight excluding hydrogens is 284 g/mol. The summed E-state index contributed by atoms with van der Waals surface area (Å²) in [6.45, 7) is 4.66. The molecule has 0 aliphatic carbocycles. The molecule has 1 aliphatic heterocycles. The van der Waals surface area contributed by atoms with Gasteiger partial charge in [0.15, 0.2) is 15.9 Å². The van der Waals surface area contributed by atoms with Crippen molar-refractivity contribution in [2.24, 2.45) is 0 Å². The van der Waals surface area contributed by atoms with Gasteiger partial charge in [-0.05, 0) is 13.3 Å². The average Bonchev–Trinajstić information content (AvgIpc) is 2.38. The van der Waals surface area contributed by atoms with Gasteiger partial charge in [0.2, 0.25) is 0 Å². The van der Waals surface area contributed by atoms with Gasteiger partial charge < -0.3 is 10.1 Å². The number of carbonyl (C=O) groups is 2. The number of nitrogens with one attached hydrogen (secondary N) is 1. The molecule has 1 saturated heterocycles. The molecule has 0 aromatic heterocycles. The lowest BCUT2D eigenvalue weighted by molar-refractivity contribution is -0.155. The van der Waals surface area contributed by atoms with E-state index in [0.29, 0.717) is 19.6 Å². The van der Waals surface area contributed by atoms with Crippen molar-refractivity contribution >= 4 is 21.7 Å². The van der Waals surface area contributed by atoms with Gasteiger partial charge in [0.25, 0.3) is 5.91 Å². The van der Waals surface area contributed by atoms with Gasteiger partial charge in [-0.1, -0.05) is 6.92 Å². The predicted molar refractivity (Wildman–Crippen MR) is 73.9 cm³/mol. The lowest BCUT2D eigenvalue weighted by atomic mass is 10.3. The molecule has 0 aromatic carbocycles. The Hall–Kier alpha value is -1.15. The Labute approximate surface area is 119 Å². The number of carbonyl (C=O) groups excluding carboxylic acids is 2. The number of rotatable bonds is 6. The van der Waals surface area contributed by atoms with Crippen LogP contribution in [0.15, 0.2) is 0 Å². The summed E-state index contributed by atoms with van der Waals surface area (Å²) >= 11 is 0. The summed E-state index contributed by atoms with van der Waals surface area (Å²) in [6, 6.07) is 0. The van der Waals surface area contributed by atoms with E-state index in [1.165, 1.54) is 6.92 Å². The van der Waals surface area contributed by atoms with Crippen LogP contribution in [0.25, 0.3) is 0 Å². The second-order valence-corrected chi connectivity index (χ2v) is 7.15. The summed E-state index contributed by atoms with van der Waals surface area (Å²) < 4.78 is 27.5. The van der Waals surface area contributed by atoms with Crippen LogP contribution in [-0.4, -0.2) is 69.0 Å². The monoisotopic (exact) mass is 306 g/mol. The maximum Gasteiger partial charge on any atom is 0.320 e. The Bertz CT molecular complexity index is 435. The van der Waals surface area contributed by atoms with Gasteiger partial charge in [-0.3, -0.25) is 14.5 Å². The predicted octanol–water partition coefficient (Wildman–Crippen LogP) is -0.825. The van der Waals surface area contributed by atoms with Gasteiger partial charge in [-0.2, -0.15) is 0 Å². The van der Waals surface area contributed by atoms with E-state index in [0.717, 1.165) is 6.42 Å². The van der Waals surface area contributed by atoms with Crippen LogP contribution < -0.4 is 5.32 Å². The van der Waals surface area contributed by atoms with Crippen molar-refractivity contribution in [3.8, 4) is 0 Å². The molecule has 1 fully saturated rings. The molecule has 116 valence electrons. The number of hydrogen-bond donors (Lipinski definition) is 1. The molecular formula is C12H22N2O5S. The Morgan fingerprint density at radius 3 is 2.45 bits per heavy atom. The zero-order chi connectivity index (χ0) is 15.2. The molecule has 0 radical (unpaired) electrons. The SMILES string of the molecule is CCCNC(=O)C(C)OC(=O)CN1CCS(=O)(=O)CC1. The summed E-state index contributed by atoms with van der Waals surface area (Å²) in [5.74, 6) is -0.704. The van der Waals surface area contributed by atoms with Gasteiger partial charge in [0.05, 0.1) is 18.1 Å². The van der Waals surface area contributed by atoms with Gasteiger partial charge in [0, 0.05) is 19.6 Å². The van der Waals surface area contributed by atoms with Gasteiger partial charge in [0.1, 0.15) is 0 Å². The molecule has 0 bridgehead atoms. The lowest BCUT2D eigenvalue weighted by Gasteiger charge is -2.25. The van der Waals surface area contributed by atoms with Crippen molar-refractivity contribution < 1.29 is 22.7 Å². The Kier molecular flexibility index (Phi) is 6.41. The first-order chi connectivity index (χ1) is 9.34. The minimum Gasteiger partial charge on any atom is -0.452 e. The van der Waals surface area contributed by atoms with Crippen molar-refractivity contribution in [3.63, 3.8) is 0 Å². The zero-order valence-electron chi connectivity index (χ0n) is 11.9. The number of nitrogens with zero attached hydrogens (tertiary/aromatic N) is 1. The second-order valence-electron chi connectivity index (χ2n) is 4.85. The van der Waals surface area contributed by atoms with Crippen LogP contribution in [0.2, 0.25) is 0 Å². The highest BCUT2D eigenvalue weighted by molar-refractivity contribution is 7.91. The first-order valence-corrected chi connectivity index (χ1v) is 8.56. The molecule has 1 heterocycles. The Morgan fingerprint density at radius 1 is 1.30 bits per heavy atom. The second kappa shape index (κ2) is 7.58. The highest BCUT2D eigenvalue weighted by Gasteiger charge is 2.25. The molecule has 8 heteroatoms. The standard InChI is InChI=1S/C12H22N2O5S/c1-3-4-13-12(16)10(2)19-11(15)9-14-5-7-20(17,18)8-6-14/h10H,3-9H2,1-2H3,(H,13,16). The topological polar surface area (TPSA) is 92.8 Å². The molecule has 1 amide bonds. The van der Waals surface area contributed by atoms with E-state index in [-0.39, 0.29) is 24.0 Å². The van der Waals surface area contributed by atoms with Crippen LogP contribution in [0.1, 0.15) is 20.3 Å². The summed E-state index contributed by atoms with van der Waals surface area (Å²) in [5.41, 5.74) is 0. The van der Waals surface area contributed by atoms with E-state index in [9.17, 15) is 18.0 Å². The minimum absolute atomic E-state index is 0.0148. The van der Waals surface area contributed by atoms with Crippen LogP contribution in [0, 0.1) is 0 Å². The molecule has 0 saturated carbocycles. The highest BCUT2D eigenvalue weighted by atomic mass is 32.2. The maximum atomic E-state index is 11.7. The fourth-order valence-corrected chi connectivity index (χ4v) is 3.05. The number of ether oxygens (including phenoxy) is 1. The van der Waals surface area contributed by atoms with E-state index >= 15 is 0 Å². The molecule has 1 atom stereocenters. The molecule has 1 unspecified atom stereocenters. The summed E-state index contributed by atoms with van der Waals surface area (Å²) in [7, 11) is -2.96. The smallest absolute Gasteiger partial charge is 0.320 e. The lowest BCUT2D eigenvalue weighted by Crippen LogP contribution is -2.44. The first kappa shape index (κ1) is 16.9. The average molecular weight is 306 g/mol. The molecule has 1 N–H and O–H groups in total. The zero-order valence-corrected chi connectivity index (χ0v) is 12.7. The van der Waals surface area contributed by atoms with Gasteiger partial charge >= 0.3 is 5.97 Å². The third-order valence-electron chi connectivity index (χ3n) is 3.02. The summed E-state index contributed by atoms with van der Waals surface area (Å²) in [4.78, 5) is 24.9. The van der Waals surface area contributed by atoms with Crippen LogP contribution >= 0.6 is 0 Å². The van der Waals surface area contributed by atoms with E-state index < -0.39 is 21.9 Å². The summed E-state index contributed by atoms with van der Waals surface area (Å²) in [6.07, 6.45) is -0.0168. The molecule has 1 rings (SSSR count). The van der Waals surface area contributed by atoms with Crippen LogP contribution in [0.3, 0.4) is 0 Å². The largest absolute Gasteiger partial charge is 0.452 e. The molecule has 0 aromatic rings. The molecule has 1 aliphatic rings. The quantitative estimate of drug-likeness (QED) is 0.644. The summed E-state index contributed by atoms with van der Waals surface area (Å²) in [5, 5.41) is 2.64. The third kappa shape index (κ3) is 5.87. The van der Waals surface area contributed by atoms with E-state index in [1.807, 2.05) is 6.92 Å². The first-order valence-electron chi connectivity index (χ1n) is 6.74. The number of hydrogen-bond acceptors (Lipinski definition) is 6. The molecule has 0 spiro atoms. The Morgan fingerprint density at radius 2 is 1.90 bits per heavy atom. The third-order valence-corrected chi connectivity index (χ3v) is 4.63. The van der Waals surface area contributed by atoms with Crippen LogP contribution in [0.4, 0.5) is 0 Å². The van der Waals surface area contributed by atoms with Crippen LogP contribution in [0.5, 0.6) is 0 Å². The number of amides is 1. The highest BCUT2D eigenvalue weighted by Crippen LogP contribution is 2.04. The van der Waals surface area contributed by atoms with Crippen molar-refractivity contribution in [1.82, 2.24) is 10.2 Å². The molecule has 7 nitrogen and oxygen atoms in total.